The Morgan fingerprint density at radius 3 is 1.84 bits per heavy atom. The first-order valence-corrected chi connectivity index (χ1v) is 39.0. The number of amides is 12. The van der Waals surface area contributed by atoms with Gasteiger partial charge in [0.1, 0.15) is 53.9 Å². The van der Waals surface area contributed by atoms with E-state index >= 15 is 28.8 Å². The highest BCUT2D eigenvalue weighted by molar-refractivity contribution is 6.01. The minimum Gasteiger partial charge on any atom is -0.381 e. The molecule has 3 heterocycles. The van der Waals surface area contributed by atoms with Crippen LogP contribution in [-0.4, -0.2) is 296 Å². The van der Waals surface area contributed by atoms with E-state index in [9.17, 15) is 68.3 Å². The van der Waals surface area contributed by atoms with E-state index in [4.69, 9.17) is 9.47 Å². The smallest absolute Gasteiger partial charge is 0.381 e. The minimum absolute atomic E-state index is 0.0176. The summed E-state index contributed by atoms with van der Waals surface area (Å²) in [6, 6.07) is -13.2. The summed E-state index contributed by atoms with van der Waals surface area (Å²) in [7, 11) is 10.9. The largest absolute Gasteiger partial charge is 0.394 e. The number of nitrogens with one attached hydrogen (secondary N) is 3. The van der Waals surface area contributed by atoms with Gasteiger partial charge in [0.05, 0.1) is 50.0 Å². The van der Waals surface area contributed by atoms with Crippen LogP contribution in [0.5, 0.6) is 0 Å². The second kappa shape index (κ2) is 37.8. The fourth-order valence-corrected chi connectivity index (χ4v) is 17.9. The molecule has 0 aromatic heterocycles. The topological polar surface area (TPSA) is 289 Å². The van der Waals surface area contributed by atoms with Crippen molar-refractivity contribution in [1.29, 1.82) is 0 Å². The van der Waals surface area contributed by atoms with Gasteiger partial charge < -0.3 is 69.5 Å². The molecule has 12 amide bonds. The van der Waals surface area contributed by atoms with Crippen LogP contribution in [0.2, 0.25) is 0 Å². The van der Waals surface area contributed by atoms with Gasteiger partial charge in [0.2, 0.25) is 70.9 Å². The predicted molar refractivity (Wildman–Crippen MR) is 387 cm³/mol. The number of alkyl halides is 9. The molecule has 7 rings (SSSR count). The standard InChI is InChI=1S/C76H117F9N12O14/c1-15-44(3)61-69(107)91(9)41-60(100)92(10)52-24-18-17-21-33-96(68(52)106)55(34-45-25-29-48(30-26-45)75(80,81)82)67(105)90(8)40-58(98)86-51(32-28-46-27-31-50(76(83,84)85)57(35-46)110-14)65(103)97-39-49(111-16-2)36-53(97)64(102)88-73(42-72(4,5)43-73)71(109)95(13)62(47-22-19-20-23-47)70(108)94(12)54(66(104)89(6)7)37-59(99)93(11)56(63(101)87-61)38-74(77,78)79/h17-18,44-57,61-62H,15-16,19-43H2,1-14H3,(H,86,98)(H,87,101)(H,88,102)/b18-17-/t44-,45?,46?,48?,49+,50?,51-,52-,53-,54-,55-,56-,57?,61-,62-/m0/s1. The summed E-state index contributed by atoms with van der Waals surface area (Å²) in [5.41, 5.74) is -2.43. The van der Waals surface area contributed by atoms with Crippen molar-refractivity contribution in [1.82, 2.24) is 60.0 Å². The van der Waals surface area contributed by atoms with E-state index in [1.54, 1.807) is 26.0 Å². The lowest BCUT2D eigenvalue weighted by molar-refractivity contribution is -0.215. The quantitative estimate of drug-likeness (QED) is 0.129. The number of carbonyl (C=O) groups excluding carboxylic acids is 12. The molecule has 0 radical (unpaired) electrons. The van der Waals surface area contributed by atoms with Gasteiger partial charge in [0.25, 0.3) is 0 Å². The minimum atomic E-state index is -5.15. The number of hydrogen-bond donors (Lipinski definition) is 3. The zero-order chi connectivity index (χ0) is 82.9. The van der Waals surface area contributed by atoms with Gasteiger partial charge in [-0.05, 0) is 139 Å². The van der Waals surface area contributed by atoms with Gasteiger partial charge in [0, 0.05) is 89.6 Å². The van der Waals surface area contributed by atoms with Crippen molar-refractivity contribution < 1.29 is 107 Å². The van der Waals surface area contributed by atoms with E-state index in [1.165, 1.54) is 78.1 Å². The van der Waals surface area contributed by atoms with Crippen LogP contribution < -0.4 is 16.0 Å². The molecule has 35 heteroatoms. The Morgan fingerprint density at radius 2 is 1.27 bits per heavy atom. The maximum absolute atomic E-state index is 15.8. The van der Waals surface area contributed by atoms with E-state index in [0.717, 1.165) is 31.5 Å². The molecule has 6 fully saturated rings. The molecule has 3 aliphatic heterocycles. The van der Waals surface area contributed by atoms with Gasteiger partial charge in [-0.15, -0.1) is 0 Å². The zero-order valence-corrected chi connectivity index (χ0v) is 66.6. The monoisotopic (exact) mass is 1590 g/mol. The molecule has 3 N–H and O–H groups in total. The van der Waals surface area contributed by atoms with Crippen LogP contribution >= 0.6 is 0 Å². The number of ether oxygens (including phenoxy) is 2. The van der Waals surface area contributed by atoms with Crippen LogP contribution in [-0.2, 0) is 67.0 Å². The molecule has 26 nitrogen and oxygen atoms in total. The van der Waals surface area contributed by atoms with Crippen LogP contribution in [0, 0.1) is 40.9 Å². The number of likely N-dealkylation sites (N-methyl/N-ethyl adjacent to an activating group) is 7. The molecular weight excluding hydrogens is 1480 g/mol. The van der Waals surface area contributed by atoms with E-state index < -0.39 is 222 Å². The zero-order valence-electron chi connectivity index (χ0n) is 66.6. The highest BCUT2D eigenvalue weighted by Crippen LogP contribution is 2.50. The molecule has 2 bridgehead atoms. The molecule has 628 valence electrons. The van der Waals surface area contributed by atoms with Crippen LogP contribution in [0.1, 0.15) is 176 Å². The molecule has 7 aliphatic rings. The molecule has 13 atom stereocenters. The number of carbonyl (C=O) groups is 12. The number of rotatable bonds is 13. The summed E-state index contributed by atoms with van der Waals surface area (Å²) in [4.78, 5) is 190. The average Bonchev–Trinajstić information content (AvgIpc) is 0.842. The molecule has 1 spiro atoms. The first-order valence-electron chi connectivity index (χ1n) is 39.0. The summed E-state index contributed by atoms with van der Waals surface area (Å²) in [5, 5.41) is 8.13. The number of nitrogens with zero attached hydrogens (tertiary/aromatic N) is 9. The molecule has 3 unspecified atom stereocenters. The van der Waals surface area contributed by atoms with Gasteiger partial charge in [0.15, 0.2) is 0 Å². The summed E-state index contributed by atoms with van der Waals surface area (Å²) < 4.78 is 141. The molecule has 111 heavy (non-hydrogen) atoms. The second-order valence-corrected chi connectivity index (χ2v) is 33.2. The molecule has 4 aliphatic carbocycles. The lowest BCUT2D eigenvalue weighted by Gasteiger charge is -2.54. The Morgan fingerprint density at radius 1 is 0.649 bits per heavy atom. The number of hydrogen-bond acceptors (Lipinski definition) is 14. The first kappa shape index (κ1) is 90.9. The van der Waals surface area contributed by atoms with E-state index in [-0.39, 0.29) is 122 Å². The Labute approximate surface area is 645 Å². The van der Waals surface area contributed by atoms with Crippen molar-refractivity contribution in [2.24, 2.45) is 40.9 Å². The van der Waals surface area contributed by atoms with Crippen LogP contribution in [0.15, 0.2) is 12.2 Å². The lowest BCUT2D eigenvalue weighted by Crippen LogP contribution is -2.71. The summed E-state index contributed by atoms with van der Waals surface area (Å²) >= 11 is 0. The summed E-state index contributed by atoms with van der Waals surface area (Å²) in [6.45, 7) is 6.49. The van der Waals surface area contributed by atoms with Gasteiger partial charge in [-0.25, -0.2) is 0 Å². The van der Waals surface area contributed by atoms with Crippen molar-refractivity contribution in [3.05, 3.63) is 12.2 Å². The van der Waals surface area contributed by atoms with Gasteiger partial charge in [-0.1, -0.05) is 59.1 Å². The van der Waals surface area contributed by atoms with E-state index in [2.05, 4.69) is 16.0 Å². The fourth-order valence-electron chi connectivity index (χ4n) is 17.9. The van der Waals surface area contributed by atoms with Crippen LogP contribution in [0.25, 0.3) is 0 Å². The Bertz CT molecular complexity index is 3360. The van der Waals surface area contributed by atoms with Gasteiger partial charge >= 0.3 is 18.5 Å². The van der Waals surface area contributed by atoms with Crippen LogP contribution in [0.4, 0.5) is 39.5 Å². The van der Waals surface area contributed by atoms with Crippen molar-refractivity contribution in [2.45, 2.75) is 260 Å². The summed E-state index contributed by atoms with van der Waals surface area (Å²) in [6.07, 6.45) is -15.5. The van der Waals surface area contributed by atoms with E-state index in [0.29, 0.717) is 30.6 Å². The Kier molecular flexibility index (Phi) is 30.9. The highest BCUT2D eigenvalue weighted by atomic mass is 19.4. The summed E-state index contributed by atoms with van der Waals surface area (Å²) in [5.74, 6) is -17.3. The molecule has 2 saturated heterocycles. The number of halogens is 9. The molecule has 0 aromatic rings. The maximum atomic E-state index is 15.8. The third-order valence-electron chi connectivity index (χ3n) is 24.3. The Balaban J connectivity index is 1.35. The second-order valence-electron chi connectivity index (χ2n) is 33.2. The van der Waals surface area contributed by atoms with Crippen molar-refractivity contribution in [2.75, 3.05) is 96.3 Å². The third kappa shape index (κ3) is 22.6. The van der Waals surface area contributed by atoms with E-state index in [1.807, 2.05) is 13.8 Å². The normalized spacial score (nSPS) is 31.4. The predicted octanol–water partition coefficient (Wildman–Crippen LogP) is 6.62. The van der Waals surface area contributed by atoms with Crippen molar-refractivity contribution in [3.8, 4) is 0 Å². The van der Waals surface area contributed by atoms with Crippen molar-refractivity contribution in [3.63, 3.8) is 0 Å². The molecule has 4 saturated carbocycles. The number of methoxy groups -OCH3 is 1. The van der Waals surface area contributed by atoms with Gasteiger partial charge in [-0.2, -0.15) is 39.5 Å². The number of fused-ring (bicyclic) bond motifs is 3. The van der Waals surface area contributed by atoms with Gasteiger partial charge in [-0.3, -0.25) is 57.5 Å². The van der Waals surface area contributed by atoms with Crippen molar-refractivity contribution >= 4 is 70.9 Å². The third-order valence-corrected chi connectivity index (χ3v) is 24.3. The lowest BCUT2D eigenvalue weighted by atomic mass is 9.58. The Hall–Kier alpha value is -7.33. The SMILES string of the molecule is CCO[C@@H]1C[C@H]2C(=O)NC3(CC(C)(C)C3)C(=O)N(C)[C@@H](C3CCCC3)C(=O)N(C)[C@H](C(=O)N(C)C)CC(=O)N(C)[C@@H](CC(F)(F)F)C(=O)N[C@@H]([C@@H](C)CC)C(=O)N(C)CC(=O)N(C)[C@H]3C/C=C\CCN(C3=O)[C@@H](CC3CCC(C(F)(F)F)CC3)C(=O)N(C)CC(=O)N[C@@H](CCC3CCC(C(F)(F)F)C(OC)C3)C(=O)N2C1. The fraction of sp³-hybridized carbons (Fsp3) is 0.816. The highest BCUT2D eigenvalue weighted by Gasteiger charge is 2.60. The average molecular weight is 1590 g/mol. The first-order chi connectivity index (χ1) is 51.7. The molecule has 0 aromatic carbocycles. The maximum Gasteiger partial charge on any atom is 0.394 e. The molecular formula is C76H117F9N12O14. The van der Waals surface area contributed by atoms with Crippen LogP contribution in [0.3, 0.4) is 0 Å².